The van der Waals surface area contributed by atoms with Gasteiger partial charge >= 0.3 is 0 Å². The van der Waals surface area contributed by atoms with Gasteiger partial charge in [-0.1, -0.05) is 0 Å². The minimum absolute atomic E-state index is 0.0250. The molecule has 5 heteroatoms. The quantitative estimate of drug-likeness (QED) is 0.559. The topological polar surface area (TPSA) is 56.8 Å². The largest absolute Gasteiger partial charge is 0.491 e. The number of methoxy groups -OCH3 is 2. The Morgan fingerprint density at radius 1 is 1.10 bits per heavy atom. The SMILES string of the molecule is COC(CNC(C)C(=O)c1ccc(OC(C)C)cc1)OC. The molecule has 0 saturated heterocycles. The molecule has 21 heavy (non-hydrogen) atoms. The standard InChI is InChI=1S/C16H25NO4/c1-11(2)21-14-8-6-13(7-9-14)16(18)12(3)17-10-15(19-4)20-5/h6-9,11-12,15,17H,10H2,1-5H3. The first-order valence-electron chi connectivity index (χ1n) is 7.07. The molecule has 118 valence electrons. The van der Waals surface area contributed by atoms with Gasteiger partial charge in [0.15, 0.2) is 12.1 Å². The normalized spacial score (nSPS) is 12.7. The molecule has 1 unspecified atom stereocenters. The van der Waals surface area contributed by atoms with Crippen LogP contribution in [0.4, 0.5) is 0 Å². The Morgan fingerprint density at radius 3 is 2.14 bits per heavy atom. The van der Waals surface area contributed by atoms with Crippen molar-refractivity contribution in [3.8, 4) is 5.75 Å². The van der Waals surface area contributed by atoms with E-state index in [4.69, 9.17) is 14.2 Å². The molecule has 1 aromatic carbocycles. The molecule has 0 aliphatic heterocycles. The number of rotatable bonds is 9. The van der Waals surface area contributed by atoms with Gasteiger partial charge < -0.3 is 19.5 Å². The zero-order valence-electron chi connectivity index (χ0n) is 13.4. The van der Waals surface area contributed by atoms with Crippen molar-refractivity contribution in [3.05, 3.63) is 29.8 Å². The van der Waals surface area contributed by atoms with Gasteiger partial charge in [0.05, 0.1) is 12.1 Å². The Morgan fingerprint density at radius 2 is 1.67 bits per heavy atom. The van der Waals surface area contributed by atoms with E-state index in [-0.39, 0.29) is 24.2 Å². The highest BCUT2D eigenvalue weighted by Gasteiger charge is 2.16. The van der Waals surface area contributed by atoms with Crippen LogP contribution in [0.25, 0.3) is 0 Å². The number of hydrogen-bond acceptors (Lipinski definition) is 5. The van der Waals surface area contributed by atoms with Crippen LogP contribution in [0, 0.1) is 0 Å². The summed E-state index contributed by atoms with van der Waals surface area (Å²) in [4.78, 5) is 12.3. The lowest BCUT2D eigenvalue weighted by atomic mass is 10.1. The number of carbonyl (C=O) groups is 1. The van der Waals surface area contributed by atoms with E-state index in [1.165, 1.54) is 0 Å². The van der Waals surface area contributed by atoms with Crippen molar-refractivity contribution < 1.29 is 19.0 Å². The minimum atomic E-state index is -0.359. The molecule has 0 bridgehead atoms. The van der Waals surface area contributed by atoms with Gasteiger partial charge in [-0.15, -0.1) is 0 Å². The van der Waals surface area contributed by atoms with E-state index in [2.05, 4.69) is 5.32 Å². The van der Waals surface area contributed by atoms with Gasteiger partial charge in [-0.3, -0.25) is 4.79 Å². The maximum absolute atomic E-state index is 12.3. The average Bonchev–Trinajstić information content (AvgIpc) is 2.47. The van der Waals surface area contributed by atoms with Gasteiger partial charge in [-0.2, -0.15) is 0 Å². The molecule has 1 N–H and O–H groups in total. The van der Waals surface area contributed by atoms with Crippen LogP contribution in [0.1, 0.15) is 31.1 Å². The van der Waals surface area contributed by atoms with Gasteiger partial charge in [0.2, 0.25) is 0 Å². The molecule has 0 spiro atoms. The summed E-state index contributed by atoms with van der Waals surface area (Å²) in [6.45, 7) is 6.21. The fourth-order valence-corrected chi connectivity index (χ4v) is 1.85. The maximum Gasteiger partial charge on any atom is 0.179 e. The third kappa shape index (κ3) is 5.83. The van der Waals surface area contributed by atoms with Crippen molar-refractivity contribution in [3.63, 3.8) is 0 Å². The Hall–Kier alpha value is -1.43. The van der Waals surface area contributed by atoms with Crippen molar-refractivity contribution in [2.75, 3.05) is 20.8 Å². The second kappa shape index (κ2) is 8.77. The van der Waals surface area contributed by atoms with E-state index in [0.717, 1.165) is 5.75 Å². The predicted molar refractivity (Wildman–Crippen MR) is 81.8 cm³/mol. The Balaban J connectivity index is 2.57. The monoisotopic (exact) mass is 295 g/mol. The van der Waals surface area contributed by atoms with Crippen molar-refractivity contribution in [1.29, 1.82) is 0 Å². The average molecular weight is 295 g/mol. The highest BCUT2D eigenvalue weighted by atomic mass is 16.7. The molecule has 0 amide bonds. The van der Waals surface area contributed by atoms with Gasteiger partial charge in [-0.25, -0.2) is 0 Å². The van der Waals surface area contributed by atoms with E-state index >= 15 is 0 Å². The Kier molecular flexibility index (Phi) is 7.36. The third-order valence-electron chi connectivity index (χ3n) is 3.02. The number of benzene rings is 1. The van der Waals surface area contributed by atoms with E-state index in [9.17, 15) is 4.79 Å². The smallest absolute Gasteiger partial charge is 0.179 e. The molecule has 5 nitrogen and oxygen atoms in total. The molecule has 0 saturated carbocycles. The summed E-state index contributed by atoms with van der Waals surface area (Å²) < 4.78 is 15.7. The number of nitrogens with one attached hydrogen (secondary N) is 1. The minimum Gasteiger partial charge on any atom is -0.491 e. The maximum atomic E-state index is 12.3. The zero-order valence-corrected chi connectivity index (χ0v) is 13.4. The van der Waals surface area contributed by atoms with Crippen LogP contribution >= 0.6 is 0 Å². The fourth-order valence-electron chi connectivity index (χ4n) is 1.85. The van der Waals surface area contributed by atoms with Crippen molar-refractivity contribution in [2.45, 2.75) is 39.2 Å². The number of hydrogen-bond donors (Lipinski definition) is 1. The van der Waals surface area contributed by atoms with Crippen molar-refractivity contribution >= 4 is 5.78 Å². The van der Waals surface area contributed by atoms with Crippen LogP contribution in [-0.4, -0.2) is 45.0 Å². The molecule has 0 aliphatic carbocycles. The number of ether oxygens (including phenoxy) is 3. The fraction of sp³-hybridized carbons (Fsp3) is 0.562. The molecule has 0 heterocycles. The first kappa shape index (κ1) is 17.6. The first-order chi connectivity index (χ1) is 9.97. The van der Waals surface area contributed by atoms with Crippen LogP contribution in [0.3, 0.4) is 0 Å². The molecule has 1 atom stereocenters. The van der Waals surface area contributed by atoms with Gasteiger partial charge in [0.1, 0.15) is 5.75 Å². The number of carbonyl (C=O) groups excluding carboxylic acids is 1. The van der Waals surface area contributed by atoms with Gasteiger partial charge in [0, 0.05) is 26.3 Å². The van der Waals surface area contributed by atoms with Gasteiger partial charge in [0.25, 0.3) is 0 Å². The van der Waals surface area contributed by atoms with Crippen LogP contribution in [-0.2, 0) is 9.47 Å². The van der Waals surface area contributed by atoms with E-state index in [1.54, 1.807) is 26.4 Å². The molecule has 0 aliphatic rings. The summed E-state index contributed by atoms with van der Waals surface area (Å²) in [5.74, 6) is 0.790. The van der Waals surface area contributed by atoms with Crippen LogP contribution < -0.4 is 10.1 Å². The lowest BCUT2D eigenvalue weighted by Gasteiger charge is -2.18. The van der Waals surface area contributed by atoms with Crippen LogP contribution in [0.2, 0.25) is 0 Å². The molecular formula is C16H25NO4. The Labute approximate surface area is 126 Å². The highest BCUT2D eigenvalue weighted by Crippen LogP contribution is 2.15. The second-order valence-electron chi connectivity index (χ2n) is 5.09. The highest BCUT2D eigenvalue weighted by molar-refractivity contribution is 5.99. The van der Waals surface area contributed by atoms with E-state index in [0.29, 0.717) is 12.1 Å². The zero-order chi connectivity index (χ0) is 15.8. The summed E-state index contributed by atoms with van der Waals surface area (Å²) in [6, 6.07) is 6.87. The first-order valence-corrected chi connectivity index (χ1v) is 7.07. The van der Waals surface area contributed by atoms with Crippen molar-refractivity contribution in [2.24, 2.45) is 0 Å². The van der Waals surface area contributed by atoms with Crippen LogP contribution in [0.15, 0.2) is 24.3 Å². The van der Waals surface area contributed by atoms with Crippen molar-refractivity contribution in [1.82, 2.24) is 5.32 Å². The molecular weight excluding hydrogens is 270 g/mol. The molecule has 0 fully saturated rings. The lowest BCUT2D eigenvalue weighted by molar-refractivity contribution is -0.0992. The molecule has 1 rings (SSSR count). The van der Waals surface area contributed by atoms with Crippen LogP contribution in [0.5, 0.6) is 5.75 Å². The molecule has 0 radical (unpaired) electrons. The summed E-state index contributed by atoms with van der Waals surface area (Å²) in [6.07, 6.45) is -0.241. The van der Waals surface area contributed by atoms with E-state index < -0.39 is 0 Å². The predicted octanol–water partition coefficient (Wildman–Crippen LogP) is 2.25. The number of Topliss-reactive ketones (excluding diaryl/α,β-unsaturated/α-hetero) is 1. The summed E-state index contributed by atoms with van der Waals surface area (Å²) >= 11 is 0. The lowest BCUT2D eigenvalue weighted by Crippen LogP contribution is -2.40. The third-order valence-corrected chi connectivity index (χ3v) is 3.02. The van der Waals surface area contributed by atoms with E-state index in [1.807, 2.05) is 32.9 Å². The Bertz CT molecular complexity index is 426. The summed E-state index contributed by atoms with van der Waals surface area (Å²) in [5, 5.41) is 3.10. The molecule has 1 aromatic rings. The summed E-state index contributed by atoms with van der Waals surface area (Å²) in [7, 11) is 3.13. The molecule has 0 aromatic heterocycles. The van der Waals surface area contributed by atoms with Gasteiger partial charge in [-0.05, 0) is 45.0 Å². The second-order valence-corrected chi connectivity index (χ2v) is 5.09. The number of ketones is 1. The summed E-state index contributed by atoms with van der Waals surface area (Å²) in [5.41, 5.74) is 0.650.